The Hall–Kier alpha value is 0.350. The molecule has 0 aromatic heterocycles. The molecular formula is CH4B2S. The van der Waals surface area contributed by atoms with Gasteiger partial charge in [0.25, 0.3) is 0 Å². The standard InChI is InChI=1S/CH4B2S/c1-2-3-4/h2H,1H3. The topological polar surface area (TPSA) is 0 Å². The van der Waals surface area contributed by atoms with Crippen LogP contribution in [0.1, 0.15) is 0 Å². The van der Waals surface area contributed by atoms with Crippen molar-refractivity contribution < 1.29 is 0 Å². The minimum absolute atomic E-state index is 1.01. The molecule has 0 N–H and O–H groups in total. The molecule has 0 fully saturated rings. The Morgan fingerprint density at radius 2 is 2.25 bits per heavy atom. The summed E-state index contributed by atoms with van der Waals surface area (Å²) in [6, 6.07) is 1.71. The van der Waals surface area contributed by atoms with Crippen LogP contribution in [0.4, 0.5) is 0 Å². The number of rotatable bonds is 1. The van der Waals surface area contributed by atoms with Crippen LogP contribution in [0.2, 0.25) is 6.82 Å². The molecule has 0 atom stereocenters. The summed E-state index contributed by atoms with van der Waals surface area (Å²) in [4.78, 5) is 0. The van der Waals surface area contributed by atoms with Crippen LogP contribution in [0.3, 0.4) is 0 Å². The van der Waals surface area contributed by atoms with E-state index in [4.69, 9.17) is 0 Å². The average Bonchev–Trinajstić information content (AvgIpc) is 1.37. The van der Waals surface area contributed by atoms with E-state index in [2.05, 4.69) is 12.1 Å². The van der Waals surface area contributed by atoms with Crippen LogP contribution in [0.15, 0.2) is 0 Å². The van der Waals surface area contributed by atoms with Gasteiger partial charge in [-0.1, -0.05) is 0 Å². The number of hydrogen-bond acceptors (Lipinski definition) is 1. The molecular weight excluding hydrogens is 65.7 g/mol. The third kappa shape index (κ3) is 2.35. The Kier molecular flexibility index (Phi) is 3.64. The quantitative estimate of drug-likeness (QED) is 0.397. The Bertz CT molecular complexity index is 20.0. The zero-order valence-electron chi connectivity index (χ0n) is 2.69. The zero-order chi connectivity index (χ0) is 3.41. The molecule has 4 heavy (non-hydrogen) atoms. The Balaban J connectivity index is 2.30. The van der Waals surface area contributed by atoms with E-state index >= 15 is 0 Å². The first-order chi connectivity index (χ1) is 1.91. The van der Waals surface area contributed by atoms with Crippen LogP contribution in [-0.4, -0.2) is 13.2 Å². The molecule has 0 aliphatic carbocycles. The van der Waals surface area contributed by atoms with E-state index in [1.54, 1.807) is 6.05 Å². The molecule has 0 radical (unpaired) electrons. The van der Waals surface area contributed by atoms with Gasteiger partial charge in [-0.25, -0.2) is 0 Å². The van der Waals surface area contributed by atoms with Gasteiger partial charge in [-0.05, 0) is 0 Å². The molecule has 0 nitrogen and oxygen atoms in total. The molecule has 0 spiro atoms. The third-order valence-corrected chi connectivity index (χ3v) is 0.500. The molecule has 3 heteroatoms. The van der Waals surface area contributed by atoms with Crippen molar-refractivity contribution in [1.82, 2.24) is 0 Å². The predicted molar refractivity (Wildman–Crippen MR) is 26.4 cm³/mol. The van der Waals surface area contributed by atoms with Crippen molar-refractivity contribution in [1.29, 1.82) is 0 Å². The molecule has 0 aliphatic heterocycles. The first-order valence-corrected chi connectivity index (χ1v) is 1.82. The van der Waals surface area contributed by atoms with Crippen LogP contribution < -0.4 is 0 Å². The van der Waals surface area contributed by atoms with Crippen LogP contribution in [-0.2, 0) is 0 Å². The fraction of sp³-hybridized carbons (Fsp3) is 1.00. The molecule has 0 bridgehead atoms. The monoisotopic (exact) mass is 70.0 g/mol. The maximum atomic E-state index is 4.43. The van der Waals surface area contributed by atoms with Gasteiger partial charge < -0.3 is 0 Å². The molecule has 0 aromatic carbocycles. The molecule has 0 saturated heterocycles. The molecule has 0 heterocycles. The summed E-state index contributed by atoms with van der Waals surface area (Å²) in [6.45, 7) is 2.02. The Labute approximate surface area is 32.9 Å². The van der Waals surface area contributed by atoms with Gasteiger partial charge in [-0.3, -0.25) is 0 Å². The second-order valence-electron chi connectivity index (χ2n) is 0.575. The van der Waals surface area contributed by atoms with Gasteiger partial charge in [0.15, 0.2) is 0 Å². The van der Waals surface area contributed by atoms with E-state index in [0.717, 1.165) is 7.17 Å². The average molecular weight is 69.7 g/mol. The second-order valence-corrected chi connectivity index (χ2v) is 0.908. The van der Waals surface area contributed by atoms with E-state index in [0.29, 0.717) is 0 Å². The fourth-order valence-electron chi connectivity index (χ4n) is 0. The van der Waals surface area contributed by atoms with Gasteiger partial charge in [0.1, 0.15) is 0 Å². The summed E-state index contributed by atoms with van der Waals surface area (Å²) in [5.74, 6) is 0. The normalized spacial score (nSPS) is 4.25. The van der Waals surface area contributed by atoms with Crippen molar-refractivity contribution in [3.05, 3.63) is 0 Å². The van der Waals surface area contributed by atoms with E-state index < -0.39 is 0 Å². The van der Waals surface area contributed by atoms with Crippen molar-refractivity contribution in [3.8, 4) is 0 Å². The molecule has 0 aromatic rings. The summed E-state index contributed by atoms with van der Waals surface area (Å²) in [5, 5.41) is 0. The summed E-state index contributed by atoms with van der Waals surface area (Å²) >= 11 is 4.43. The van der Waals surface area contributed by atoms with Crippen molar-refractivity contribution in [2.45, 2.75) is 6.82 Å². The molecule has 0 unspecified atom stereocenters. The molecule has 0 aliphatic rings. The van der Waals surface area contributed by atoms with Crippen molar-refractivity contribution in [3.63, 3.8) is 0 Å². The van der Waals surface area contributed by atoms with E-state index in [1.807, 2.05) is 6.82 Å². The SMILES string of the molecule is CBB=S. The van der Waals surface area contributed by atoms with Crippen LogP contribution in [0.25, 0.3) is 0 Å². The second kappa shape index (κ2) is 3.35. The molecule has 0 saturated carbocycles. The van der Waals surface area contributed by atoms with Crippen LogP contribution in [0.5, 0.6) is 0 Å². The van der Waals surface area contributed by atoms with Gasteiger partial charge in [0.05, 0.1) is 0 Å². The number of hydrogen-bond donors (Lipinski definition) is 0. The first-order valence-electron chi connectivity index (χ1n) is 1.35. The third-order valence-electron chi connectivity index (χ3n) is 0.167. The van der Waals surface area contributed by atoms with E-state index in [-0.39, 0.29) is 0 Å². The van der Waals surface area contributed by atoms with Gasteiger partial charge in [-0.2, -0.15) is 0 Å². The van der Waals surface area contributed by atoms with E-state index in [9.17, 15) is 0 Å². The first kappa shape index (κ1) is 4.35. The van der Waals surface area contributed by atoms with Gasteiger partial charge in [-0.15, -0.1) is 0 Å². The Morgan fingerprint density at radius 3 is 2.25 bits per heavy atom. The van der Waals surface area contributed by atoms with Crippen molar-refractivity contribution >= 4 is 25.3 Å². The molecule has 0 amide bonds. The summed E-state index contributed by atoms with van der Waals surface area (Å²) in [5.41, 5.74) is 0. The van der Waals surface area contributed by atoms with Crippen molar-refractivity contribution in [2.24, 2.45) is 0 Å². The summed E-state index contributed by atoms with van der Waals surface area (Å²) in [7, 11) is 1.01. The minimum atomic E-state index is 1.01. The van der Waals surface area contributed by atoms with E-state index in [1.165, 1.54) is 0 Å². The molecule has 0 rings (SSSR count). The predicted octanol–water partition coefficient (Wildman–Crippen LogP) is 0.203. The van der Waals surface area contributed by atoms with Crippen molar-refractivity contribution in [2.75, 3.05) is 0 Å². The molecule has 20 valence electrons. The summed E-state index contributed by atoms with van der Waals surface area (Å²) in [6.07, 6.45) is 0. The van der Waals surface area contributed by atoms with Crippen LogP contribution >= 0.6 is 12.1 Å². The summed E-state index contributed by atoms with van der Waals surface area (Å²) < 4.78 is 0. The fourth-order valence-corrected chi connectivity index (χ4v) is 0. The van der Waals surface area contributed by atoms with Gasteiger partial charge in [0, 0.05) is 0 Å². The Morgan fingerprint density at radius 1 is 2.00 bits per heavy atom. The maximum absolute atomic E-state index is 4.43. The van der Waals surface area contributed by atoms with Crippen LogP contribution in [0, 0.1) is 0 Å². The zero-order valence-corrected chi connectivity index (χ0v) is 3.51. The van der Waals surface area contributed by atoms with Gasteiger partial charge in [0.2, 0.25) is 0 Å². The van der Waals surface area contributed by atoms with Gasteiger partial charge >= 0.3 is 32.1 Å².